The first-order valence-corrected chi connectivity index (χ1v) is 10.5. The van der Waals surface area contributed by atoms with E-state index in [0.717, 1.165) is 10.7 Å². The molecule has 0 atom stereocenters. The summed E-state index contributed by atoms with van der Waals surface area (Å²) in [5.41, 5.74) is 2.34. The number of halogens is 3. The molecule has 0 radical (unpaired) electrons. The Hall–Kier alpha value is -3.33. The molecule has 32 heavy (non-hydrogen) atoms. The van der Waals surface area contributed by atoms with Gasteiger partial charge in [0.1, 0.15) is 18.1 Å². The number of ether oxygens (including phenoxy) is 2. The lowest BCUT2D eigenvalue weighted by Gasteiger charge is -2.14. The summed E-state index contributed by atoms with van der Waals surface area (Å²) in [6.45, 7) is 2.48. The Bertz CT molecular complexity index is 1110. The Kier molecular flexibility index (Phi) is 7.53. The summed E-state index contributed by atoms with van der Waals surface area (Å²) >= 11 is 1.53. The molecule has 0 bridgehead atoms. The number of amides is 1. The number of nitrogens with zero attached hydrogens (tertiary/aromatic N) is 1. The maximum Gasteiger partial charge on any atom is 0.422 e. The van der Waals surface area contributed by atoms with Crippen molar-refractivity contribution in [1.82, 2.24) is 4.98 Å². The Morgan fingerprint density at radius 3 is 2.62 bits per heavy atom. The molecule has 0 aliphatic heterocycles. The number of para-hydroxylation sites is 1. The molecule has 5 nitrogen and oxygen atoms in total. The van der Waals surface area contributed by atoms with E-state index in [0.29, 0.717) is 23.5 Å². The molecule has 0 unspecified atom stereocenters. The van der Waals surface area contributed by atoms with Gasteiger partial charge in [-0.15, -0.1) is 11.3 Å². The fourth-order valence-electron chi connectivity index (χ4n) is 2.73. The van der Waals surface area contributed by atoms with Crippen LogP contribution in [0.3, 0.4) is 0 Å². The molecule has 0 saturated heterocycles. The summed E-state index contributed by atoms with van der Waals surface area (Å²) in [5, 5.41) is 5.42. The largest absolute Gasteiger partial charge is 0.487 e. The van der Waals surface area contributed by atoms with Gasteiger partial charge < -0.3 is 14.8 Å². The van der Waals surface area contributed by atoms with Gasteiger partial charge in [0.05, 0.1) is 16.4 Å². The van der Waals surface area contributed by atoms with E-state index >= 15 is 0 Å². The number of hydrogen-bond acceptors (Lipinski definition) is 5. The number of carbonyl (C=O) groups excluding carboxylic acids is 1. The molecule has 0 aliphatic carbocycles. The lowest BCUT2D eigenvalue weighted by atomic mass is 10.2. The monoisotopic (exact) mass is 462 g/mol. The average Bonchev–Trinajstić information content (AvgIpc) is 3.16. The molecule has 0 spiro atoms. The smallest absolute Gasteiger partial charge is 0.422 e. The molecule has 168 valence electrons. The molecule has 2 aromatic carbocycles. The minimum absolute atomic E-state index is 0.0497. The number of nitrogens with one attached hydrogen (secondary N) is 1. The number of alkyl halides is 3. The topological polar surface area (TPSA) is 60.5 Å². The Morgan fingerprint density at radius 1 is 1.12 bits per heavy atom. The normalized spacial score (nSPS) is 11.5. The number of thiazole rings is 1. The first kappa shape index (κ1) is 23.3. The fourth-order valence-corrected chi connectivity index (χ4v) is 3.32. The average molecular weight is 462 g/mol. The standard InChI is InChI=1S/C23H21F3N2O3S/c1-15-7-9-19(21(11-15)31-14-23(24,25)26)28-22(29)10-8-17-5-3-4-6-20(17)30-12-18-13-32-16(2)27-18/h3-11,13H,12,14H2,1-2H3,(H,28,29)/b10-8+. The van der Waals surface area contributed by atoms with Gasteiger partial charge in [-0.25, -0.2) is 4.98 Å². The van der Waals surface area contributed by atoms with Gasteiger partial charge in [-0.05, 0) is 43.7 Å². The molecule has 1 heterocycles. The van der Waals surface area contributed by atoms with Crippen LogP contribution in [0.25, 0.3) is 6.08 Å². The Balaban J connectivity index is 1.67. The van der Waals surface area contributed by atoms with E-state index < -0.39 is 18.7 Å². The van der Waals surface area contributed by atoms with Crippen molar-refractivity contribution in [3.05, 3.63) is 75.7 Å². The highest BCUT2D eigenvalue weighted by Gasteiger charge is 2.29. The summed E-state index contributed by atoms with van der Waals surface area (Å²) in [6.07, 6.45) is -1.63. The van der Waals surface area contributed by atoms with Crippen molar-refractivity contribution in [2.75, 3.05) is 11.9 Å². The summed E-state index contributed by atoms with van der Waals surface area (Å²) < 4.78 is 48.2. The van der Waals surface area contributed by atoms with E-state index in [-0.39, 0.29) is 11.4 Å². The van der Waals surface area contributed by atoms with Crippen LogP contribution >= 0.6 is 11.3 Å². The van der Waals surface area contributed by atoms with E-state index in [1.807, 2.05) is 18.4 Å². The second-order valence-corrected chi connectivity index (χ2v) is 7.97. The molecule has 3 rings (SSSR count). The highest BCUT2D eigenvalue weighted by molar-refractivity contribution is 7.09. The van der Waals surface area contributed by atoms with Gasteiger partial charge in [0.25, 0.3) is 0 Å². The van der Waals surface area contributed by atoms with Crippen molar-refractivity contribution < 1.29 is 27.4 Å². The van der Waals surface area contributed by atoms with Crippen molar-refractivity contribution in [2.24, 2.45) is 0 Å². The zero-order valence-electron chi connectivity index (χ0n) is 17.4. The number of aromatic nitrogens is 1. The van der Waals surface area contributed by atoms with Gasteiger partial charge in [-0.3, -0.25) is 4.79 Å². The number of benzene rings is 2. The van der Waals surface area contributed by atoms with Gasteiger partial charge >= 0.3 is 6.18 Å². The number of hydrogen-bond donors (Lipinski definition) is 1. The molecule has 1 aromatic heterocycles. The van der Waals surface area contributed by atoms with Crippen molar-refractivity contribution >= 4 is 29.0 Å². The van der Waals surface area contributed by atoms with Crippen LogP contribution in [0.1, 0.15) is 21.8 Å². The zero-order valence-corrected chi connectivity index (χ0v) is 18.2. The van der Waals surface area contributed by atoms with Crippen molar-refractivity contribution in [3.8, 4) is 11.5 Å². The van der Waals surface area contributed by atoms with E-state index in [4.69, 9.17) is 9.47 Å². The molecule has 0 saturated carbocycles. The molecule has 3 aromatic rings. The second-order valence-electron chi connectivity index (χ2n) is 6.91. The minimum Gasteiger partial charge on any atom is -0.487 e. The lowest BCUT2D eigenvalue weighted by Crippen LogP contribution is -2.20. The summed E-state index contributed by atoms with van der Waals surface area (Å²) in [4.78, 5) is 16.7. The molecule has 1 N–H and O–H groups in total. The highest BCUT2D eigenvalue weighted by Crippen LogP contribution is 2.28. The molecular formula is C23H21F3N2O3S. The van der Waals surface area contributed by atoms with Crippen LogP contribution < -0.4 is 14.8 Å². The maximum absolute atomic E-state index is 12.5. The quantitative estimate of drug-likeness (QED) is 0.422. The predicted octanol–water partition coefficient (Wildman–Crippen LogP) is 5.93. The summed E-state index contributed by atoms with van der Waals surface area (Å²) in [5.74, 6) is 0.00810. The van der Waals surface area contributed by atoms with E-state index in [2.05, 4.69) is 10.3 Å². The summed E-state index contributed by atoms with van der Waals surface area (Å²) in [7, 11) is 0. The van der Waals surface area contributed by atoms with Crippen LogP contribution in [0.2, 0.25) is 0 Å². The molecular weight excluding hydrogens is 441 g/mol. The van der Waals surface area contributed by atoms with Gasteiger partial charge in [-0.2, -0.15) is 13.2 Å². The molecule has 9 heteroatoms. The van der Waals surface area contributed by atoms with Gasteiger partial charge in [-0.1, -0.05) is 24.3 Å². The van der Waals surface area contributed by atoms with Crippen LogP contribution in [0.4, 0.5) is 18.9 Å². The van der Waals surface area contributed by atoms with Crippen LogP contribution in [0, 0.1) is 13.8 Å². The number of aryl methyl sites for hydroxylation is 2. The van der Waals surface area contributed by atoms with Crippen LogP contribution in [-0.4, -0.2) is 23.7 Å². The third kappa shape index (κ3) is 7.12. The molecule has 0 aliphatic rings. The third-order valence-electron chi connectivity index (χ3n) is 4.16. The summed E-state index contributed by atoms with van der Waals surface area (Å²) in [6, 6.07) is 11.8. The van der Waals surface area contributed by atoms with Gasteiger partial charge in [0, 0.05) is 17.0 Å². The highest BCUT2D eigenvalue weighted by atomic mass is 32.1. The van der Waals surface area contributed by atoms with Gasteiger partial charge in [0.2, 0.25) is 5.91 Å². The number of anilines is 1. The maximum atomic E-state index is 12.5. The van der Waals surface area contributed by atoms with Crippen LogP contribution in [-0.2, 0) is 11.4 Å². The zero-order chi connectivity index (χ0) is 23.1. The Morgan fingerprint density at radius 2 is 1.91 bits per heavy atom. The SMILES string of the molecule is Cc1ccc(NC(=O)/C=C/c2ccccc2OCc2csc(C)n2)c(OCC(F)(F)F)c1. The predicted molar refractivity (Wildman–Crippen MR) is 118 cm³/mol. The number of rotatable bonds is 8. The second kappa shape index (κ2) is 10.3. The van der Waals surface area contributed by atoms with Crippen molar-refractivity contribution in [2.45, 2.75) is 26.6 Å². The Labute approximate surface area is 187 Å². The molecule has 0 fully saturated rings. The lowest BCUT2D eigenvalue weighted by molar-refractivity contribution is -0.153. The number of carbonyl (C=O) groups is 1. The van der Waals surface area contributed by atoms with Gasteiger partial charge in [0.15, 0.2) is 6.61 Å². The van der Waals surface area contributed by atoms with Crippen molar-refractivity contribution in [1.29, 1.82) is 0 Å². The first-order valence-electron chi connectivity index (χ1n) is 9.62. The van der Waals surface area contributed by atoms with Crippen LogP contribution in [0.5, 0.6) is 11.5 Å². The molecule has 1 amide bonds. The van der Waals surface area contributed by atoms with E-state index in [1.165, 1.54) is 29.5 Å². The van der Waals surface area contributed by atoms with Crippen molar-refractivity contribution in [3.63, 3.8) is 0 Å². The first-order chi connectivity index (χ1) is 15.2. The van der Waals surface area contributed by atoms with Crippen LogP contribution in [0.15, 0.2) is 53.9 Å². The third-order valence-corrected chi connectivity index (χ3v) is 4.98. The fraction of sp³-hybridized carbons (Fsp3) is 0.217. The van der Waals surface area contributed by atoms with E-state index in [9.17, 15) is 18.0 Å². The van der Waals surface area contributed by atoms with E-state index in [1.54, 1.807) is 37.3 Å². The minimum atomic E-state index is -4.48.